The molecule has 1 aromatic carbocycles. The van der Waals surface area contributed by atoms with Crippen LogP contribution in [0.4, 0.5) is 0 Å². The third-order valence-electron chi connectivity index (χ3n) is 3.24. The van der Waals surface area contributed by atoms with E-state index in [1.807, 2.05) is 30.3 Å². The first-order valence-corrected chi connectivity index (χ1v) is 6.07. The van der Waals surface area contributed by atoms with E-state index in [0.29, 0.717) is 19.5 Å². The fourth-order valence-corrected chi connectivity index (χ4v) is 2.23. The highest BCUT2D eigenvalue weighted by Crippen LogP contribution is 2.16. The number of ketones is 1. The Kier molecular flexibility index (Phi) is 5.99. The minimum Gasteiger partial charge on any atom is -1.00 e. The summed E-state index contributed by atoms with van der Waals surface area (Å²) in [4.78, 5) is 25.3. The van der Waals surface area contributed by atoms with Gasteiger partial charge in [-0.05, 0) is 5.56 Å². The van der Waals surface area contributed by atoms with Gasteiger partial charge < -0.3 is 17.1 Å². The van der Waals surface area contributed by atoms with Gasteiger partial charge in [0.1, 0.15) is 11.7 Å². The minimum absolute atomic E-state index is 0. The number of rotatable bonds is 3. The first-order chi connectivity index (χ1) is 8.70. The average Bonchev–Trinajstić information content (AvgIpc) is 2.41. The molecule has 1 unspecified atom stereocenters. The van der Waals surface area contributed by atoms with Gasteiger partial charge in [-0.25, -0.2) is 0 Å². The number of halogens is 1. The van der Waals surface area contributed by atoms with Crippen LogP contribution in [0.1, 0.15) is 13.4 Å². The normalized spacial score (nSPS) is 19.6. The van der Waals surface area contributed by atoms with Gasteiger partial charge in [-0.3, -0.25) is 14.5 Å². The molecule has 0 bridgehead atoms. The molecular formula is C14H18ClNO3. The van der Waals surface area contributed by atoms with Gasteiger partial charge >= 0.3 is 7.40 Å². The number of methoxy groups -OCH3 is 1. The van der Waals surface area contributed by atoms with Crippen LogP contribution in [0.5, 0.6) is 0 Å². The summed E-state index contributed by atoms with van der Waals surface area (Å²) in [5, 5.41) is 0. The van der Waals surface area contributed by atoms with Crippen molar-refractivity contribution in [1.29, 1.82) is 0 Å². The van der Waals surface area contributed by atoms with E-state index >= 15 is 0 Å². The molecule has 1 aliphatic rings. The van der Waals surface area contributed by atoms with Gasteiger partial charge in [-0.15, -0.1) is 0 Å². The molecular weight excluding hydrogens is 266 g/mol. The summed E-state index contributed by atoms with van der Waals surface area (Å²) in [7, 11) is 1.33. The van der Waals surface area contributed by atoms with Crippen LogP contribution in [0.3, 0.4) is 0 Å². The zero-order valence-electron chi connectivity index (χ0n) is 11.8. The lowest BCUT2D eigenvalue weighted by Crippen LogP contribution is -3.00. The molecule has 0 aromatic heterocycles. The molecule has 4 nitrogen and oxygen atoms in total. The Labute approximate surface area is 120 Å². The van der Waals surface area contributed by atoms with E-state index in [0.717, 1.165) is 6.54 Å². The first kappa shape index (κ1) is 15.7. The average molecular weight is 284 g/mol. The SMILES string of the molecule is COC(=O)C1CN(Cc2ccccc2)CCC1=O.[Cl-].[H+]. The van der Waals surface area contributed by atoms with E-state index < -0.39 is 11.9 Å². The first-order valence-electron chi connectivity index (χ1n) is 6.07. The van der Waals surface area contributed by atoms with Crippen LogP contribution in [-0.4, -0.2) is 36.9 Å². The third-order valence-corrected chi connectivity index (χ3v) is 3.24. The summed E-state index contributed by atoms with van der Waals surface area (Å²) in [6, 6.07) is 10.0. The Bertz CT molecular complexity index is 433. The number of carbonyl (C=O) groups excluding carboxylic acids is 2. The van der Waals surface area contributed by atoms with Crippen molar-refractivity contribution >= 4 is 11.8 Å². The molecule has 0 N–H and O–H groups in total. The lowest BCUT2D eigenvalue weighted by molar-refractivity contribution is -0.152. The number of ether oxygens (including phenoxy) is 1. The van der Waals surface area contributed by atoms with Crippen molar-refractivity contribution in [1.82, 2.24) is 4.90 Å². The molecule has 19 heavy (non-hydrogen) atoms. The summed E-state index contributed by atoms with van der Waals surface area (Å²) in [5.74, 6) is -1.05. The van der Waals surface area contributed by atoms with Gasteiger partial charge in [-0.1, -0.05) is 30.3 Å². The second-order valence-electron chi connectivity index (χ2n) is 4.51. The molecule has 0 radical (unpaired) electrons. The number of nitrogens with zero attached hydrogens (tertiary/aromatic N) is 1. The smallest absolute Gasteiger partial charge is 1.00 e. The summed E-state index contributed by atoms with van der Waals surface area (Å²) in [5.41, 5.74) is 1.19. The number of benzene rings is 1. The van der Waals surface area contributed by atoms with Gasteiger partial charge in [0.15, 0.2) is 0 Å². The lowest BCUT2D eigenvalue weighted by Gasteiger charge is -2.30. The minimum atomic E-state index is -0.618. The molecule has 0 spiro atoms. The molecule has 1 fully saturated rings. The van der Waals surface area contributed by atoms with Crippen LogP contribution >= 0.6 is 0 Å². The third kappa shape index (κ3) is 4.04. The lowest BCUT2D eigenvalue weighted by atomic mass is 9.96. The number of Topliss-reactive ketones (excluding diaryl/α,β-unsaturated/α-hetero) is 1. The molecule has 1 aromatic rings. The number of piperidine rings is 1. The van der Waals surface area contributed by atoms with E-state index in [1.54, 1.807) is 0 Å². The van der Waals surface area contributed by atoms with Gasteiger partial charge in [0.05, 0.1) is 7.11 Å². The second kappa shape index (κ2) is 7.26. The predicted molar refractivity (Wildman–Crippen MR) is 68.0 cm³/mol. The Morgan fingerprint density at radius 3 is 2.74 bits per heavy atom. The van der Waals surface area contributed by atoms with Crippen molar-refractivity contribution in [3.8, 4) is 0 Å². The highest BCUT2D eigenvalue weighted by molar-refractivity contribution is 5.99. The summed E-state index contributed by atoms with van der Waals surface area (Å²) in [6.07, 6.45) is 0.423. The van der Waals surface area contributed by atoms with E-state index in [9.17, 15) is 9.59 Å². The number of hydrogen-bond donors (Lipinski definition) is 0. The maximum Gasteiger partial charge on any atom is 1.00 e. The second-order valence-corrected chi connectivity index (χ2v) is 4.51. The molecule has 2 rings (SSSR count). The van der Waals surface area contributed by atoms with E-state index in [-0.39, 0.29) is 19.6 Å². The summed E-state index contributed by atoms with van der Waals surface area (Å²) < 4.78 is 4.67. The van der Waals surface area contributed by atoms with Crippen LogP contribution in [0.25, 0.3) is 0 Å². The monoisotopic (exact) mass is 283 g/mol. The molecule has 1 saturated heterocycles. The summed E-state index contributed by atoms with van der Waals surface area (Å²) in [6.45, 7) is 1.93. The van der Waals surface area contributed by atoms with Crippen molar-refractivity contribution in [3.63, 3.8) is 0 Å². The fraction of sp³-hybridized carbons (Fsp3) is 0.429. The van der Waals surface area contributed by atoms with Crippen molar-refractivity contribution in [2.24, 2.45) is 5.92 Å². The molecule has 0 aliphatic carbocycles. The molecule has 1 atom stereocenters. The van der Waals surface area contributed by atoms with Gasteiger partial charge in [0.25, 0.3) is 0 Å². The summed E-state index contributed by atoms with van der Waals surface area (Å²) >= 11 is 0. The van der Waals surface area contributed by atoms with Crippen LogP contribution in [0.2, 0.25) is 0 Å². The van der Waals surface area contributed by atoms with Gasteiger partial charge in [-0.2, -0.15) is 0 Å². The largest absolute Gasteiger partial charge is 1.00 e. The number of hydrogen-bond acceptors (Lipinski definition) is 4. The van der Waals surface area contributed by atoms with E-state index in [2.05, 4.69) is 9.64 Å². The molecule has 104 valence electrons. The Balaban J connectivity index is 0.00000180. The standard InChI is InChI=1S/C14H17NO3.ClH/c1-18-14(17)12-10-15(8-7-13(12)16)9-11-5-3-2-4-6-11;/h2-6,12H,7-10H2,1H3;1H. The number of esters is 1. The molecule has 1 heterocycles. The van der Waals surface area contributed by atoms with E-state index in [1.165, 1.54) is 12.7 Å². The molecule has 5 heteroatoms. The molecule has 0 saturated carbocycles. The van der Waals surface area contributed by atoms with Crippen LogP contribution < -0.4 is 12.4 Å². The molecule has 1 aliphatic heterocycles. The number of likely N-dealkylation sites (tertiary alicyclic amines) is 1. The molecule has 0 amide bonds. The number of carbonyl (C=O) groups is 2. The van der Waals surface area contributed by atoms with E-state index in [4.69, 9.17) is 0 Å². The zero-order valence-corrected chi connectivity index (χ0v) is 11.6. The highest BCUT2D eigenvalue weighted by atomic mass is 35.5. The zero-order chi connectivity index (χ0) is 13.0. The van der Waals surface area contributed by atoms with Crippen molar-refractivity contribution in [3.05, 3.63) is 35.9 Å². The van der Waals surface area contributed by atoms with Gasteiger partial charge in [0, 0.05) is 26.1 Å². The van der Waals surface area contributed by atoms with Crippen LogP contribution in [-0.2, 0) is 20.9 Å². The van der Waals surface area contributed by atoms with Crippen molar-refractivity contribution in [2.45, 2.75) is 13.0 Å². The van der Waals surface area contributed by atoms with Crippen molar-refractivity contribution in [2.75, 3.05) is 20.2 Å². The quantitative estimate of drug-likeness (QED) is 0.494. The predicted octanol–water partition coefficient (Wildman–Crippen LogP) is -1.63. The Morgan fingerprint density at radius 1 is 1.42 bits per heavy atom. The van der Waals surface area contributed by atoms with Crippen LogP contribution in [0, 0.1) is 5.92 Å². The fourth-order valence-electron chi connectivity index (χ4n) is 2.23. The van der Waals surface area contributed by atoms with Crippen molar-refractivity contribution < 1.29 is 28.2 Å². The maximum atomic E-state index is 11.7. The van der Waals surface area contributed by atoms with Gasteiger partial charge in [0.2, 0.25) is 0 Å². The Morgan fingerprint density at radius 2 is 2.11 bits per heavy atom. The maximum absolute atomic E-state index is 11.7. The Hall–Kier alpha value is -1.39. The topological polar surface area (TPSA) is 46.6 Å². The highest BCUT2D eigenvalue weighted by Gasteiger charge is 2.33. The van der Waals surface area contributed by atoms with Crippen LogP contribution in [0.15, 0.2) is 30.3 Å².